The molecule has 0 aliphatic carbocycles. The predicted molar refractivity (Wildman–Crippen MR) is 106 cm³/mol. The number of allylic oxidation sites excluding steroid dienone is 2. The molecule has 1 radical (unpaired) electrons. The van der Waals surface area contributed by atoms with Crippen molar-refractivity contribution in [3.63, 3.8) is 0 Å². The second-order valence-electron chi connectivity index (χ2n) is 6.96. The van der Waals surface area contributed by atoms with E-state index >= 15 is 0 Å². The Morgan fingerprint density at radius 1 is 1.23 bits per heavy atom. The Labute approximate surface area is 171 Å². The van der Waals surface area contributed by atoms with E-state index in [1.54, 1.807) is 32.0 Å². The van der Waals surface area contributed by atoms with Gasteiger partial charge in [0, 0.05) is 24.9 Å². The van der Waals surface area contributed by atoms with Crippen LogP contribution in [0.4, 0.5) is 18.9 Å². The van der Waals surface area contributed by atoms with Crippen LogP contribution in [0.5, 0.6) is 5.75 Å². The van der Waals surface area contributed by atoms with Gasteiger partial charge in [-0.15, -0.1) is 13.2 Å². The number of fused-ring (bicyclic) bond motifs is 1. The number of oxazole rings is 1. The topological polar surface area (TPSA) is 68.8 Å². The molecule has 2 aromatic rings. The number of rotatable bonds is 4. The lowest BCUT2D eigenvalue weighted by molar-refractivity contribution is -0.231. The maximum absolute atomic E-state index is 13.4. The third kappa shape index (κ3) is 3.43. The molecule has 7 nitrogen and oxygen atoms in total. The van der Waals surface area contributed by atoms with Crippen molar-refractivity contribution in [3.8, 4) is 17.1 Å². The number of anilines is 1. The molecular weight excluding hydrogens is 399 g/mol. The van der Waals surface area contributed by atoms with Crippen molar-refractivity contribution in [2.75, 3.05) is 19.1 Å². The van der Waals surface area contributed by atoms with Crippen LogP contribution in [0.2, 0.25) is 0 Å². The minimum absolute atomic E-state index is 0.237. The summed E-state index contributed by atoms with van der Waals surface area (Å²) >= 11 is 0. The van der Waals surface area contributed by atoms with E-state index < -0.39 is 6.30 Å². The first-order chi connectivity index (χ1) is 14.2. The van der Waals surface area contributed by atoms with Gasteiger partial charge in [-0.2, -0.15) is 4.99 Å². The summed E-state index contributed by atoms with van der Waals surface area (Å²) in [5.41, 5.74) is 3.54. The van der Waals surface area contributed by atoms with Gasteiger partial charge in [0.2, 0.25) is 6.67 Å². The number of hydrogen-bond donors (Lipinski definition) is 1. The molecule has 157 valence electrons. The number of methoxy groups -OCH3 is 1. The smallest absolute Gasteiger partial charge is 0.489 e. The highest BCUT2D eigenvalue weighted by Crippen LogP contribution is 2.36. The van der Waals surface area contributed by atoms with E-state index in [-0.39, 0.29) is 12.4 Å². The second-order valence-corrected chi connectivity index (χ2v) is 6.96. The Bertz CT molecular complexity index is 1080. The Morgan fingerprint density at radius 2 is 2.00 bits per heavy atom. The molecule has 10 heteroatoms. The molecule has 2 aliphatic heterocycles. The summed E-state index contributed by atoms with van der Waals surface area (Å²) in [6.07, 6.45) is -2.14. The first kappa shape index (κ1) is 20.0. The molecule has 1 aromatic carbocycles. The normalized spacial score (nSPS) is 17.1. The van der Waals surface area contributed by atoms with Gasteiger partial charge in [0.25, 0.3) is 0 Å². The van der Waals surface area contributed by atoms with Gasteiger partial charge >= 0.3 is 12.1 Å². The summed E-state index contributed by atoms with van der Waals surface area (Å²) in [7, 11) is 1.51. The number of halogens is 3. The Balaban J connectivity index is 1.69. The maximum Gasteiger partial charge on any atom is 0.489 e. The van der Waals surface area contributed by atoms with Crippen molar-refractivity contribution < 1.29 is 22.3 Å². The van der Waals surface area contributed by atoms with Crippen LogP contribution in [0, 0.1) is 6.92 Å². The molecule has 0 amide bonds. The minimum atomic E-state index is -4.51. The second kappa shape index (κ2) is 7.21. The summed E-state index contributed by atoms with van der Waals surface area (Å²) in [5.74, 6) is 1.51. The fraction of sp³-hybridized carbons (Fsp3) is 0.300. The van der Waals surface area contributed by atoms with E-state index in [9.17, 15) is 13.2 Å². The lowest BCUT2D eigenvalue weighted by Crippen LogP contribution is -2.51. The van der Waals surface area contributed by atoms with Crippen LogP contribution in [0.3, 0.4) is 0 Å². The molecule has 0 bridgehead atoms. The zero-order chi connectivity index (χ0) is 21.6. The van der Waals surface area contributed by atoms with Crippen LogP contribution in [0.1, 0.15) is 19.5 Å². The Hall–Kier alpha value is -3.27. The maximum atomic E-state index is 13.4. The average Bonchev–Trinajstić information content (AvgIpc) is 3.24. The summed E-state index contributed by atoms with van der Waals surface area (Å²) < 4.78 is 51.2. The molecule has 30 heavy (non-hydrogen) atoms. The number of amidine groups is 1. The van der Waals surface area contributed by atoms with Crippen molar-refractivity contribution in [2.24, 2.45) is 4.99 Å². The van der Waals surface area contributed by atoms with Crippen LogP contribution in [-0.2, 0) is 0 Å². The highest BCUT2D eigenvalue weighted by atomic mass is 19.4. The van der Waals surface area contributed by atoms with Crippen molar-refractivity contribution in [3.05, 3.63) is 53.6 Å². The number of benzene rings is 1. The number of aromatic nitrogens is 1. The van der Waals surface area contributed by atoms with E-state index in [4.69, 9.17) is 9.15 Å². The first-order valence-electron chi connectivity index (χ1n) is 9.14. The molecule has 4 rings (SSSR count). The molecule has 1 aromatic heterocycles. The molecule has 0 fully saturated rings. The van der Waals surface area contributed by atoms with Crippen LogP contribution < -0.4 is 15.0 Å². The average molecular weight is 419 g/mol. The summed E-state index contributed by atoms with van der Waals surface area (Å²) in [6.45, 7) is 4.99. The van der Waals surface area contributed by atoms with Crippen molar-refractivity contribution in [1.82, 2.24) is 14.8 Å². The molecule has 0 saturated carbocycles. The lowest BCUT2D eigenvalue weighted by Gasteiger charge is -2.28. The van der Waals surface area contributed by atoms with Gasteiger partial charge < -0.3 is 14.5 Å². The molecule has 0 spiro atoms. The van der Waals surface area contributed by atoms with E-state index in [1.807, 2.05) is 6.92 Å². The third-order valence-corrected chi connectivity index (χ3v) is 5.07. The van der Waals surface area contributed by atoms with Crippen molar-refractivity contribution in [1.29, 1.82) is 0 Å². The third-order valence-electron chi connectivity index (χ3n) is 5.07. The molecule has 0 unspecified atom stereocenters. The fourth-order valence-corrected chi connectivity index (χ4v) is 3.35. The van der Waals surface area contributed by atoms with Gasteiger partial charge in [-0.3, -0.25) is 0 Å². The van der Waals surface area contributed by atoms with Gasteiger partial charge in [0.1, 0.15) is 17.1 Å². The molecule has 2 aliphatic rings. The molecule has 0 saturated heterocycles. The van der Waals surface area contributed by atoms with Crippen LogP contribution in [0.15, 0.2) is 57.3 Å². The van der Waals surface area contributed by atoms with E-state index in [1.165, 1.54) is 18.4 Å². The summed E-state index contributed by atoms with van der Waals surface area (Å²) in [6, 6.07) is 5.19. The van der Waals surface area contributed by atoms with Gasteiger partial charge in [-0.1, -0.05) is 4.90 Å². The monoisotopic (exact) mass is 419 g/mol. The molecule has 3 heterocycles. The number of nitrogens with one attached hydrogen (secondary N) is 1. The van der Waals surface area contributed by atoms with Gasteiger partial charge in [-0.05, 0) is 26.0 Å². The summed E-state index contributed by atoms with van der Waals surface area (Å²) in [5, 5.41) is 3.05. The molecule has 0 atom stereocenters. The van der Waals surface area contributed by atoms with E-state index in [0.29, 0.717) is 50.6 Å². The lowest BCUT2D eigenvalue weighted by atomic mass is 10.1. The van der Waals surface area contributed by atoms with Crippen molar-refractivity contribution in [2.45, 2.75) is 27.1 Å². The summed E-state index contributed by atoms with van der Waals surface area (Å²) in [4.78, 5) is 10.4. The minimum Gasteiger partial charge on any atom is -0.496 e. The molecular formula is C20H20F3N5O2+. The van der Waals surface area contributed by atoms with Crippen LogP contribution in [-0.4, -0.2) is 35.8 Å². The van der Waals surface area contributed by atoms with Gasteiger partial charge in [-0.25, -0.2) is 9.88 Å². The quantitative estimate of drug-likeness (QED) is 0.584. The number of alkyl halides is 3. The van der Waals surface area contributed by atoms with E-state index in [2.05, 4.69) is 15.3 Å². The number of ether oxygens (including phenoxy) is 1. The first-order valence-corrected chi connectivity index (χ1v) is 9.14. The Kier molecular flexibility index (Phi) is 4.81. The van der Waals surface area contributed by atoms with Crippen molar-refractivity contribution >= 4 is 11.5 Å². The Morgan fingerprint density at radius 3 is 2.63 bits per heavy atom. The van der Waals surface area contributed by atoms with Gasteiger partial charge in [0.05, 0.1) is 18.4 Å². The highest BCUT2D eigenvalue weighted by Gasteiger charge is 2.48. The number of hydrogen-bond acceptors (Lipinski definition) is 7. The highest BCUT2D eigenvalue weighted by molar-refractivity contribution is 6.06. The number of nitrogens with zero attached hydrogens (tertiary/aromatic N) is 4. The van der Waals surface area contributed by atoms with E-state index in [0.717, 1.165) is 6.20 Å². The number of aliphatic imine (C=N–C) groups is 1. The van der Waals surface area contributed by atoms with Crippen LogP contribution in [0.25, 0.3) is 11.3 Å². The zero-order valence-electron chi connectivity index (χ0n) is 16.8. The largest absolute Gasteiger partial charge is 0.496 e. The zero-order valence-corrected chi connectivity index (χ0v) is 16.8. The number of aryl methyl sites for hydroxylation is 1. The van der Waals surface area contributed by atoms with Crippen LogP contribution >= 0.6 is 0 Å². The van der Waals surface area contributed by atoms with Gasteiger partial charge in [0.15, 0.2) is 17.9 Å². The SMILES string of the molecule is COc1cc(NC2=CN(C(F)(F)F)C[N+]3C2=NC(C)=C3C)ccc1-c1ocnc1C. The molecule has 1 N–H and O–H groups in total. The standard InChI is InChI=1S/C20H20F3N5O2/c1-11-13(3)28-10-27(20(21,22)23)8-16(19(28)25-11)26-14-5-6-15(17(7-14)29-4)18-12(2)24-9-30-18/h5-9,26H,10H2,1-4H3/q+1. The predicted octanol–water partition coefficient (Wildman–Crippen LogP) is 4.51. The fourth-order valence-electron chi connectivity index (χ4n) is 3.35.